The number of nitrogens with zero attached hydrogens (tertiary/aromatic N) is 5. The molecule has 6 rings (SSSR count). The minimum Gasteiger partial charge on any atom is -0.372 e. The van der Waals surface area contributed by atoms with Crippen molar-refractivity contribution >= 4 is 11.5 Å². The van der Waals surface area contributed by atoms with Gasteiger partial charge in [-0.1, -0.05) is 18.2 Å². The Balaban J connectivity index is 1.47. The zero-order valence-electron chi connectivity index (χ0n) is 16.9. The van der Waals surface area contributed by atoms with Crippen LogP contribution in [-0.2, 0) is 6.42 Å². The number of aliphatic hydroxyl groups is 1. The number of pyridine rings is 1. The Morgan fingerprint density at radius 3 is 2.81 bits per heavy atom. The van der Waals surface area contributed by atoms with Crippen LogP contribution in [0.15, 0.2) is 60.3 Å². The number of allylic oxidation sites excluding steroid dienone is 1. The van der Waals surface area contributed by atoms with Crippen molar-refractivity contribution in [2.75, 3.05) is 13.1 Å². The first-order chi connectivity index (χ1) is 15.2. The van der Waals surface area contributed by atoms with E-state index in [1.165, 1.54) is 25.1 Å². The van der Waals surface area contributed by atoms with Crippen LogP contribution in [0.4, 0.5) is 4.39 Å². The lowest BCUT2D eigenvalue weighted by molar-refractivity contribution is 0.0537. The lowest BCUT2D eigenvalue weighted by atomic mass is 9.89. The number of imidazole rings is 1. The van der Waals surface area contributed by atoms with Crippen molar-refractivity contribution in [1.29, 1.82) is 0 Å². The van der Waals surface area contributed by atoms with Gasteiger partial charge in [-0.15, -0.1) is 0 Å². The molecule has 1 aromatic carbocycles. The number of hydrogen-bond acceptors (Lipinski definition) is 5. The smallest absolute Gasteiger partial charge is 0.146 e. The van der Waals surface area contributed by atoms with Crippen molar-refractivity contribution in [2.24, 2.45) is 4.99 Å². The summed E-state index contributed by atoms with van der Waals surface area (Å²) in [5.74, 6) is 1.03. The van der Waals surface area contributed by atoms with Crippen LogP contribution < -0.4 is 0 Å². The van der Waals surface area contributed by atoms with E-state index >= 15 is 0 Å². The third-order valence-corrected chi connectivity index (χ3v) is 6.33. The number of rotatable bonds is 2. The van der Waals surface area contributed by atoms with Crippen LogP contribution >= 0.6 is 0 Å². The highest BCUT2D eigenvalue weighted by atomic mass is 19.1. The predicted molar refractivity (Wildman–Crippen MR) is 116 cm³/mol. The molecule has 0 bridgehead atoms. The maximum Gasteiger partial charge on any atom is 0.146 e. The SMILES string of the molecule is OC1CN=C(n2cnc(C3CC3)c2)C=C2c3cccc(-c4cnccc4F)c3CCN21. The summed E-state index contributed by atoms with van der Waals surface area (Å²) in [5.41, 5.74) is 5.40. The van der Waals surface area contributed by atoms with Crippen molar-refractivity contribution < 1.29 is 9.50 Å². The normalized spacial score (nSPS) is 20.5. The van der Waals surface area contributed by atoms with E-state index in [-0.39, 0.29) is 5.82 Å². The van der Waals surface area contributed by atoms with Crippen LogP contribution in [0.25, 0.3) is 16.8 Å². The quantitative estimate of drug-likeness (QED) is 0.696. The van der Waals surface area contributed by atoms with Crippen LogP contribution in [0.5, 0.6) is 0 Å². The molecule has 1 N–H and O–H groups in total. The van der Waals surface area contributed by atoms with E-state index in [0.717, 1.165) is 33.9 Å². The molecule has 6 nitrogen and oxygen atoms in total. The molecular formula is C24H22FN5O. The summed E-state index contributed by atoms with van der Waals surface area (Å²) >= 11 is 0. The van der Waals surface area contributed by atoms with Crippen molar-refractivity contribution in [1.82, 2.24) is 19.4 Å². The van der Waals surface area contributed by atoms with Gasteiger partial charge in [0.05, 0.1) is 17.9 Å². The van der Waals surface area contributed by atoms with Crippen LogP contribution in [-0.4, -0.2) is 49.7 Å². The third-order valence-electron chi connectivity index (χ3n) is 6.33. The van der Waals surface area contributed by atoms with Crippen LogP contribution in [0, 0.1) is 5.82 Å². The second-order valence-corrected chi connectivity index (χ2v) is 8.32. The third kappa shape index (κ3) is 3.16. The van der Waals surface area contributed by atoms with Gasteiger partial charge in [0.15, 0.2) is 0 Å². The maximum atomic E-state index is 14.5. The van der Waals surface area contributed by atoms with Gasteiger partial charge in [0.25, 0.3) is 0 Å². The summed E-state index contributed by atoms with van der Waals surface area (Å²) in [6.07, 6.45) is 11.3. The summed E-state index contributed by atoms with van der Waals surface area (Å²) in [6.45, 7) is 0.928. The van der Waals surface area contributed by atoms with Gasteiger partial charge < -0.3 is 10.0 Å². The van der Waals surface area contributed by atoms with Gasteiger partial charge in [-0.05, 0) is 36.5 Å². The largest absolute Gasteiger partial charge is 0.372 e. The van der Waals surface area contributed by atoms with Gasteiger partial charge in [0.1, 0.15) is 24.2 Å². The Labute approximate surface area is 179 Å². The summed E-state index contributed by atoms with van der Waals surface area (Å²) in [5, 5.41) is 10.8. The molecule has 1 aliphatic carbocycles. The fourth-order valence-electron chi connectivity index (χ4n) is 4.55. The molecule has 1 fully saturated rings. The van der Waals surface area contributed by atoms with Crippen molar-refractivity contribution in [3.05, 3.63) is 77.9 Å². The van der Waals surface area contributed by atoms with Crippen LogP contribution in [0.3, 0.4) is 0 Å². The van der Waals surface area contributed by atoms with Gasteiger partial charge in [0.2, 0.25) is 0 Å². The summed E-state index contributed by atoms with van der Waals surface area (Å²) < 4.78 is 16.5. The Bertz CT molecular complexity index is 1230. The first-order valence-corrected chi connectivity index (χ1v) is 10.7. The van der Waals surface area contributed by atoms with Gasteiger partial charge in [-0.25, -0.2) is 9.37 Å². The fourth-order valence-corrected chi connectivity index (χ4v) is 4.55. The lowest BCUT2D eigenvalue weighted by Gasteiger charge is -2.36. The number of aromatic nitrogens is 3. The molecule has 3 aromatic rings. The minimum atomic E-state index is -0.706. The van der Waals surface area contributed by atoms with E-state index in [9.17, 15) is 9.50 Å². The lowest BCUT2D eigenvalue weighted by Crippen LogP contribution is -2.39. The molecule has 0 amide bonds. The molecule has 0 saturated heterocycles. The molecule has 1 saturated carbocycles. The van der Waals surface area contributed by atoms with Gasteiger partial charge in [0, 0.05) is 48.3 Å². The highest BCUT2D eigenvalue weighted by molar-refractivity contribution is 6.01. The first kappa shape index (κ1) is 18.4. The number of aliphatic imine (C=N–C) groups is 1. The van der Waals surface area contributed by atoms with E-state index in [1.54, 1.807) is 12.5 Å². The van der Waals surface area contributed by atoms with Crippen molar-refractivity contribution in [3.8, 4) is 11.1 Å². The number of aliphatic hydroxyl groups excluding tert-OH is 1. The molecule has 31 heavy (non-hydrogen) atoms. The summed E-state index contributed by atoms with van der Waals surface area (Å²) in [7, 11) is 0. The number of halogens is 1. The summed E-state index contributed by atoms with van der Waals surface area (Å²) in [4.78, 5) is 15.3. The molecule has 2 aromatic heterocycles. The molecule has 4 heterocycles. The highest BCUT2D eigenvalue weighted by Gasteiger charge is 2.31. The van der Waals surface area contributed by atoms with E-state index in [1.807, 2.05) is 39.9 Å². The molecule has 1 atom stereocenters. The maximum absolute atomic E-state index is 14.5. The Kier molecular flexibility index (Phi) is 4.24. The first-order valence-electron chi connectivity index (χ1n) is 10.7. The van der Waals surface area contributed by atoms with Crippen molar-refractivity contribution in [3.63, 3.8) is 0 Å². The standard InChI is InChI=1S/C24H22FN5O/c25-20-6-8-26-11-19(20)16-2-1-3-18-17(16)7-9-30-22(18)10-23(27-12-24(30)31)29-13-21(28-14-29)15-4-5-15/h1-3,6,8,10-11,13-15,24,31H,4-5,7,9,12H2. The topological polar surface area (TPSA) is 66.5 Å². The molecule has 1 unspecified atom stereocenters. The number of fused-ring (bicyclic) bond motifs is 3. The zero-order valence-corrected chi connectivity index (χ0v) is 16.9. The fraction of sp³-hybridized carbons (Fsp3) is 0.292. The molecular weight excluding hydrogens is 393 g/mol. The molecule has 2 aliphatic heterocycles. The average molecular weight is 415 g/mol. The van der Waals surface area contributed by atoms with Gasteiger partial charge >= 0.3 is 0 Å². The van der Waals surface area contributed by atoms with E-state index in [4.69, 9.17) is 0 Å². The van der Waals surface area contributed by atoms with E-state index < -0.39 is 6.23 Å². The zero-order chi connectivity index (χ0) is 20.9. The monoisotopic (exact) mass is 415 g/mol. The second-order valence-electron chi connectivity index (χ2n) is 8.32. The summed E-state index contributed by atoms with van der Waals surface area (Å²) in [6, 6.07) is 7.29. The highest BCUT2D eigenvalue weighted by Crippen LogP contribution is 2.39. The van der Waals surface area contributed by atoms with Gasteiger partial charge in [-0.2, -0.15) is 0 Å². The molecule has 0 radical (unpaired) electrons. The van der Waals surface area contributed by atoms with E-state index in [2.05, 4.69) is 15.0 Å². The van der Waals surface area contributed by atoms with Crippen molar-refractivity contribution in [2.45, 2.75) is 31.4 Å². The van der Waals surface area contributed by atoms with Crippen LogP contribution in [0.1, 0.15) is 35.6 Å². The van der Waals surface area contributed by atoms with Crippen LogP contribution in [0.2, 0.25) is 0 Å². The molecule has 7 heteroatoms. The minimum absolute atomic E-state index is 0.283. The predicted octanol–water partition coefficient (Wildman–Crippen LogP) is 3.44. The Morgan fingerprint density at radius 2 is 1.97 bits per heavy atom. The number of benzene rings is 1. The Hall–Kier alpha value is -3.32. The molecule has 156 valence electrons. The molecule has 0 spiro atoms. The average Bonchev–Trinajstić information content (AvgIpc) is 3.56. The number of hydrogen-bond donors (Lipinski definition) is 1. The second kappa shape index (κ2) is 7.13. The molecule has 3 aliphatic rings. The van der Waals surface area contributed by atoms with Gasteiger partial charge in [-0.3, -0.25) is 14.5 Å². The van der Waals surface area contributed by atoms with E-state index in [0.29, 0.717) is 31.0 Å². The Morgan fingerprint density at radius 1 is 1.10 bits per heavy atom.